The van der Waals surface area contributed by atoms with Crippen molar-refractivity contribution in [2.45, 2.75) is 6.92 Å². The molecule has 0 bridgehead atoms. The van der Waals surface area contributed by atoms with Crippen molar-refractivity contribution in [1.82, 2.24) is 4.98 Å². The van der Waals surface area contributed by atoms with Gasteiger partial charge in [-0.1, -0.05) is 29.0 Å². The lowest BCUT2D eigenvalue weighted by Crippen LogP contribution is -2.11. The van der Waals surface area contributed by atoms with Crippen LogP contribution in [-0.2, 0) is 0 Å². The SMILES string of the molecule is CNc1nc(C)c(C(=O)Nc2cccc(Cl)c2)s1. The number of nitrogens with zero attached hydrogens (tertiary/aromatic N) is 1. The van der Waals surface area contributed by atoms with Crippen molar-refractivity contribution in [2.24, 2.45) is 0 Å². The molecule has 2 aromatic rings. The van der Waals surface area contributed by atoms with E-state index in [9.17, 15) is 4.79 Å². The number of amides is 1. The van der Waals surface area contributed by atoms with Crippen molar-refractivity contribution >= 4 is 39.7 Å². The fourth-order valence-electron chi connectivity index (χ4n) is 1.47. The molecular weight excluding hydrogens is 270 g/mol. The number of halogens is 1. The number of rotatable bonds is 3. The van der Waals surface area contributed by atoms with Crippen molar-refractivity contribution in [3.8, 4) is 0 Å². The lowest BCUT2D eigenvalue weighted by atomic mass is 10.3. The molecule has 0 aliphatic carbocycles. The van der Waals surface area contributed by atoms with Gasteiger partial charge in [-0.15, -0.1) is 0 Å². The largest absolute Gasteiger partial charge is 0.365 e. The molecule has 1 aromatic heterocycles. The molecule has 1 heterocycles. The molecule has 2 N–H and O–H groups in total. The minimum atomic E-state index is -0.172. The van der Waals surface area contributed by atoms with Gasteiger partial charge in [-0.2, -0.15) is 0 Å². The second-order valence-corrected chi connectivity index (χ2v) is 5.08. The maximum absolute atomic E-state index is 12.1. The van der Waals surface area contributed by atoms with E-state index in [1.807, 2.05) is 6.92 Å². The van der Waals surface area contributed by atoms with Crippen LogP contribution in [0, 0.1) is 6.92 Å². The number of aromatic nitrogens is 1. The highest BCUT2D eigenvalue weighted by Crippen LogP contribution is 2.23. The van der Waals surface area contributed by atoms with Gasteiger partial charge in [-0.05, 0) is 25.1 Å². The molecule has 0 atom stereocenters. The zero-order valence-electron chi connectivity index (χ0n) is 9.95. The van der Waals surface area contributed by atoms with Gasteiger partial charge in [0.2, 0.25) is 0 Å². The minimum absolute atomic E-state index is 0.172. The Morgan fingerprint density at radius 3 is 2.83 bits per heavy atom. The van der Waals surface area contributed by atoms with Crippen molar-refractivity contribution in [3.63, 3.8) is 0 Å². The Kier molecular flexibility index (Phi) is 3.84. The van der Waals surface area contributed by atoms with Gasteiger partial charge < -0.3 is 10.6 Å². The third-order valence-electron chi connectivity index (χ3n) is 2.30. The summed E-state index contributed by atoms with van der Waals surface area (Å²) in [6, 6.07) is 7.04. The van der Waals surface area contributed by atoms with E-state index in [2.05, 4.69) is 15.6 Å². The van der Waals surface area contributed by atoms with Crippen molar-refractivity contribution in [2.75, 3.05) is 17.7 Å². The summed E-state index contributed by atoms with van der Waals surface area (Å²) in [5, 5.41) is 7.03. The topological polar surface area (TPSA) is 54.0 Å². The average Bonchev–Trinajstić information content (AvgIpc) is 2.70. The second kappa shape index (κ2) is 5.37. The molecule has 0 radical (unpaired) electrons. The van der Waals surface area contributed by atoms with Crippen LogP contribution in [0.2, 0.25) is 5.02 Å². The molecule has 0 saturated carbocycles. The van der Waals surface area contributed by atoms with Crippen LogP contribution in [0.4, 0.5) is 10.8 Å². The van der Waals surface area contributed by atoms with E-state index in [0.29, 0.717) is 21.3 Å². The third kappa shape index (κ3) is 2.80. The average molecular weight is 282 g/mol. The van der Waals surface area contributed by atoms with Crippen LogP contribution in [-0.4, -0.2) is 17.9 Å². The summed E-state index contributed by atoms with van der Waals surface area (Å²) < 4.78 is 0. The van der Waals surface area contributed by atoms with Gasteiger partial charge in [0.15, 0.2) is 5.13 Å². The fraction of sp³-hybridized carbons (Fsp3) is 0.167. The number of nitrogens with one attached hydrogen (secondary N) is 2. The predicted octanol–water partition coefficient (Wildman–Crippen LogP) is 3.40. The molecule has 0 aliphatic rings. The number of carbonyl (C=O) groups excluding carboxylic acids is 1. The van der Waals surface area contributed by atoms with Gasteiger partial charge in [0, 0.05) is 17.8 Å². The number of aryl methyl sites for hydroxylation is 1. The molecule has 0 saturated heterocycles. The Labute approximate surface area is 114 Å². The van der Waals surface area contributed by atoms with E-state index in [0.717, 1.165) is 5.13 Å². The molecule has 94 valence electrons. The van der Waals surface area contributed by atoms with Crippen LogP contribution in [0.15, 0.2) is 24.3 Å². The van der Waals surface area contributed by atoms with E-state index in [-0.39, 0.29) is 5.91 Å². The number of benzene rings is 1. The summed E-state index contributed by atoms with van der Waals surface area (Å²) in [5.74, 6) is -0.172. The number of hydrogen-bond donors (Lipinski definition) is 2. The number of hydrogen-bond acceptors (Lipinski definition) is 4. The van der Waals surface area contributed by atoms with Crippen molar-refractivity contribution in [1.29, 1.82) is 0 Å². The molecule has 0 fully saturated rings. The highest BCUT2D eigenvalue weighted by atomic mass is 35.5. The molecule has 6 heteroatoms. The molecule has 4 nitrogen and oxygen atoms in total. The number of carbonyl (C=O) groups is 1. The zero-order valence-corrected chi connectivity index (χ0v) is 11.5. The lowest BCUT2D eigenvalue weighted by molar-refractivity contribution is 0.103. The van der Waals surface area contributed by atoms with Crippen LogP contribution < -0.4 is 10.6 Å². The van der Waals surface area contributed by atoms with Gasteiger partial charge >= 0.3 is 0 Å². The summed E-state index contributed by atoms with van der Waals surface area (Å²) in [5.41, 5.74) is 1.38. The first kappa shape index (κ1) is 12.9. The van der Waals surface area contributed by atoms with E-state index >= 15 is 0 Å². The number of thiazole rings is 1. The minimum Gasteiger partial charge on any atom is -0.365 e. The van der Waals surface area contributed by atoms with E-state index in [1.54, 1.807) is 31.3 Å². The Bertz CT molecular complexity index is 582. The summed E-state index contributed by atoms with van der Waals surface area (Å²) in [4.78, 5) is 16.9. The maximum Gasteiger partial charge on any atom is 0.267 e. The monoisotopic (exact) mass is 281 g/mol. The highest BCUT2D eigenvalue weighted by molar-refractivity contribution is 7.17. The Hall–Kier alpha value is -1.59. The smallest absolute Gasteiger partial charge is 0.267 e. The van der Waals surface area contributed by atoms with Crippen LogP contribution in [0.25, 0.3) is 0 Å². The first-order valence-electron chi connectivity index (χ1n) is 5.32. The standard InChI is InChI=1S/C12H12ClN3OS/c1-7-10(18-12(14-2)15-7)11(17)16-9-5-3-4-8(13)6-9/h3-6H,1-2H3,(H,14,15)(H,16,17). The van der Waals surface area contributed by atoms with Gasteiger partial charge in [0.05, 0.1) is 5.69 Å². The molecule has 2 rings (SSSR count). The first-order chi connectivity index (χ1) is 8.60. The molecular formula is C12H12ClN3OS. The Morgan fingerprint density at radius 1 is 1.44 bits per heavy atom. The maximum atomic E-state index is 12.1. The van der Waals surface area contributed by atoms with Gasteiger partial charge in [-0.3, -0.25) is 4.79 Å². The van der Waals surface area contributed by atoms with Crippen molar-refractivity contribution < 1.29 is 4.79 Å². The molecule has 1 aromatic carbocycles. The van der Waals surface area contributed by atoms with Crippen LogP contribution in [0.3, 0.4) is 0 Å². The third-order valence-corrected chi connectivity index (χ3v) is 3.71. The first-order valence-corrected chi connectivity index (χ1v) is 6.51. The second-order valence-electron chi connectivity index (χ2n) is 3.65. The molecule has 0 spiro atoms. The Morgan fingerprint density at radius 2 is 2.22 bits per heavy atom. The summed E-state index contributed by atoms with van der Waals surface area (Å²) in [6.45, 7) is 1.81. The van der Waals surface area contributed by atoms with Gasteiger partial charge in [0.25, 0.3) is 5.91 Å². The van der Waals surface area contributed by atoms with Gasteiger partial charge in [0.1, 0.15) is 4.88 Å². The quantitative estimate of drug-likeness (QED) is 0.907. The van der Waals surface area contributed by atoms with E-state index in [1.165, 1.54) is 11.3 Å². The van der Waals surface area contributed by atoms with Crippen molar-refractivity contribution in [3.05, 3.63) is 39.9 Å². The summed E-state index contributed by atoms with van der Waals surface area (Å²) in [7, 11) is 1.77. The zero-order chi connectivity index (χ0) is 13.1. The van der Waals surface area contributed by atoms with Gasteiger partial charge in [-0.25, -0.2) is 4.98 Å². The van der Waals surface area contributed by atoms with E-state index in [4.69, 9.17) is 11.6 Å². The normalized spacial score (nSPS) is 10.2. The molecule has 0 aliphatic heterocycles. The van der Waals surface area contributed by atoms with E-state index < -0.39 is 0 Å². The van der Waals surface area contributed by atoms with Crippen LogP contribution >= 0.6 is 22.9 Å². The summed E-state index contributed by atoms with van der Waals surface area (Å²) >= 11 is 7.18. The van der Waals surface area contributed by atoms with Crippen LogP contribution in [0.1, 0.15) is 15.4 Å². The summed E-state index contributed by atoms with van der Waals surface area (Å²) in [6.07, 6.45) is 0. The predicted molar refractivity (Wildman–Crippen MR) is 75.8 cm³/mol. The number of anilines is 2. The molecule has 1 amide bonds. The fourth-order valence-corrected chi connectivity index (χ4v) is 2.47. The highest BCUT2D eigenvalue weighted by Gasteiger charge is 2.14. The van der Waals surface area contributed by atoms with Crippen LogP contribution in [0.5, 0.6) is 0 Å². The lowest BCUT2D eigenvalue weighted by Gasteiger charge is -2.03. The molecule has 0 unspecified atom stereocenters. The Balaban J connectivity index is 2.19. The molecule has 18 heavy (non-hydrogen) atoms.